The number of carbonyl (C=O) groups excluding carboxylic acids is 1. The van der Waals surface area contributed by atoms with E-state index in [1.165, 1.54) is 0 Å². The molecular formula is C21H19ClF2N2O2. The fraction of sp³-hybridized carbons (Fsp3) is 0.381. The van der Waals surface area contributed by atoms with E-state index in [0.29, 0.717) is 18.0 Å². The second-order valence-corrected chi connectivity index (χ2v) is 8.22. The summed E-state index contributed by atoms with van der Waals surface area (Å²) in [5.41, 5.74) is 0.900. The average Bonchev–Trinajstić information content (AvgIpc) is 3.17. The van der Waals surface area contributed by atoms with Gasteiger partial charge in [-0.05, 0) is 48.2 Å². The molecule has 0 aromatic heterocycles. The molecule has 1 fully saturated rings. The molecular weight excluding hydrogens is 386 g/mol. The summed E-state index contributed by atoms with van der Waals surface area (Å²) in [6, 6.07) is 9.70. The fourth-order valence-electron chi connectivity index (χ4n) is 4.69. The van der Waals surface area contributed by atoms with E-state index in [4.69, 9.17) is 16.5 Å². The third-order valence-electron chi connectivity index (χ3n) is 6.19. The lowest BCUT2D eigenvalue weighted by Gasteiger charge is -2.31. The van der Waals surface area contributed by atoms with Gasteiger partial charge in [-0.15, -0.1) is 0 Å². The standard InChI is InChI=1S/C21H19ClF2N2O2/c22-25-7-5-13(6-8-25)11-26-18-4-2-1-3-14(18)21(20(26)27)12-28-19-10-17(24)16(23)9-15(19)21/h1-4,9-10,13H,5-8,11-12H2. The van der Waals surface area contributed by atoms with Crippen LogP contribution in [0.15, 0.2) is 36.4 Å². The van der Waals surface area contributed by atoms with Crippen molar-refractivity contribution in [2.75, 3.05) is 31.1 Å². The van der Waals surface area contributed by atoms with Crippen molar-refractivity contribution in [3.05, 3.63) is 59.2 Å². The molecule has 28 heavy (non-hydrogen) atoms. The number of piperidine rings is 1. The highest BCUT2D eigenvalue weighted by Crippen LogP contribution is 2.52. The first-order valence-corrected chi connectivity index (χ1v) is 9.79. The van der Waals surface area contributed by atoms with Gasteiger partial charge in [-0.1, -0.05) is 18.2 Å². The van der Waals surface area contributed by atoms with Crippen LogP contribution in [0.4, 0.5) is 14.5 Å². The van der Waals surface area contributed by atoms with E-state index in [0.717, 1.165) is 49.3 Å². The number of rotatable bonds is 2. The lowest BCUT2D eigenvalue weighted by molar-refractivity contribution is -0.122. The lowest BCUT2D eigenvalue weighted by atomic mass is 9.77. The van der Waals surface area contributed by atoms with Crippen molar-refractivity contribution in [3.8, 4) is 5.75 Å². The smallest absolute Gasteiger partial charge is 0.245 e. The summed E-state index contributed by atoms with van der Waals surface area (Å²) in [6.07, 6.45) is 1.82. The third-order valence-corrected chi connectivity index (χ3v) is 6.53. The molecule has 0 saturated carbocycles. The number of para-hydroxylation sites is 1. The number of benzene rings is 2. The number of hydrogen-bond donors (Lipinski definition) is 0. The van der Waals surface area contributed by atoms with E-state index in [1.54, 1.807) is 9.32 Å². The molecule has 0 aliphatic carbocycles. The van der Waals surface area contributed by atoms with E-state index in [-0.39, 0.29) is 18.3 Å². The molecule has 0 radical (unpaired) electrons. The van der Waals surface area contributed by atoms with E-state index in [9.17, 15) is 13.6 Å². The summed E-state index contributed by atoms with van der Waals surface area (Å²) in [5, 5.41) is 0. The highest BCUT2D eigenvalue weighted by atomic mass is 35.5. The number of hydrogen-bond acceptors (Lipinski definition) is 3. The second-order valence-electron chi connectivity index (χ2n) is 7.74. The summed E-state index contributed by atoms with van der Waals surface area (Å²) in [6.45, 7) is 2.22. The first-order valence-electron chi connectivity index (χ1n) is 9.45. The molecule has 146 valence electrons. The van der Waals surface area contributed by atoms with E-state index >= 15 is 0 Å². The largest absolute Gasteiger partial charge is 0.491 e. The van der Waals surface area contributed by atoms with Gasteiger partial charge in [0.1, 0.15) is 17.8 Å². The van der Waals surface area contributed by atoms with Crippen LogP contribution in [0.5, 0.6) is 5.75 Å². The van der Waals surface area contributed by atoms with Gasteiger partial charge >= 0.3 is 0 Å². The zero-order valence-corrected chi connectivity index (χ0v) is 15.9. The summed E-state index contributed by atoms with van der Waals surface area (Å²) in [5.74, 6) is -1.50. The summed E-state index contributed by atoms with van der Waals surface area (Å²) < 4.78 is 35.2. The van der Waals surface area contributed by atoms with Crippen molar-refractivity contribution in [1.29, 1.82) is 0 Å². The summed E-state index contributed by atoms with van der Waals surface area (Å²) >= 11 is 6.06. The van der Waals surface area contributed by atoms with Crippen molar-refractivity contribution in [2.45, 2.75) is 18.3 Å². The number of halogens is 3. The number of nitrogens with zero attached hydrogens (tertiary/aromatic N) is 2. The number of anilines is 1. The summed E-state index contributed by atoms with van der Waals surface area (Å²) in [4.78, 5) is 15.5. The lowest BCUT2D eigenvalue weighted by Crippen LogP contribution is -2.45. The van der Waals surface area contributed by atoms with Crippen molar-refractivity contribution in [1.82, 2.24) is 4.42 Å². The van der Waals surface area contributed by atoms with Crippen molar-refractivity contribution in [2.24, 2.45) is 5.92 Å². The molecule has 5 rings (SSSR count). The molecule has 3 aliphatic rings. The second kappa shape index (κ2) is 6.42. The Kier molecular flexibility index (Phi) is 4.10. The van der Waals surface area contributed by atoms with Crippen LogP contribution in [0.3, 0.4) is 0 Å². The van der Waals surface area contributed by atoms with Gasteiger partial charge in [0.25, 0.3) is 0 Å². The Morgan fingerprint density at radius 1 is 1.11 bits per heavy atom. The molecule has 2 aromatic rings. The van der Waals surface area contributed by atoms with E-state index in [1.807, 2.05) is 24.3 Å². The Bertz CT molecular complexity index is 961. The Morgan fingerprint density at radius 2 is 1.82 bits per heavy atom. The van der Waals surface area contributed by atoms with Crippen LogP contribution in [0.2, 0.25) is 0 Å². The maximum Gasteiger partial charge on any atom is 0.245 e. The molecule has 1 atom stereocenters. The zero-order chi connectivity index (χ0) is 19.5. The topological polar surface area (TPSA) is 32.8 Å². The molecule has 0 bridgehead atoms. The monoisotopic (exact) mass is 404 g/mol. The SMILES string of the molecule is O=C1N(CC2CCN(Cl)CC2)c2ccccc2C12COc1cc(F)c(F)cc12. The number of carbonyl (C=O) groups is 1. The molecule has 0 N–H and O–H groups in total. The first kappa shape index (κ1) is 17.9. The molecule has 1 spiro atoms. The van der Waals surface area contributed by atoms with Gasteiger partial charge in [-0.25, -0.2) is 13.2 Å². The Balaban J connectivity index is 1.57. The predicted molar refractivity (Wildman–Crippen MR) is 102 cm³/mol. The van der Waals surface area contributed by atoms with Crippen LogP contribution in [-0.4, -0.2) is 36.6 Å². The van der Waals surface area contributed by atoms with Crippen molar-refractivity contribution >= 4 is 23.4 Å². The molecule has 4 nitrogen and oxygen atoms in total. The minimum Gasteiger partial charge on any atom is -0.491 e. The predicted octanol–water partition coefficient (Wildman–Crippen LogP) is 3.86. The van der Waals surface area contributed by atoms with Crippen LogP contribution in [0.1, 0.15) is 24.0 Å². The van der Waals surface area contributed by atoms with Crippen molar-refractivity contribution < 1.29 is 18.3 Å². The minimum atomic E-state index is -1.12. The van der Waals surface area contributed by atoms with Gasteiger partial charge in [0.15, 0.2) is 11.6 Å². The van der Waals surface area contributed by atoms with Gasteiger partial charge in [0, 0.05) is 37.0 Å². The van der Waals surface area contributed by atoms with Crippen LogP contribution in [-0.2, 0) is 10.2 Å². The molecule has 1 amide bonds. The number of ether oxygens (including phenoxy) is 1. The molecule has 2 aromatic carbocycles. The first-order chi connectivity index (χ1) is 13.5. The van der Waals surface area contributed by atoms with Crippen molar-refractivity contribution in [3.63, 3.8) is 0 Å². The third kappa shape index (κ3) is 2.47. The molecule has 7 heteroatoms. The Hall–Kier alpha value is -2.18. The van der Waals surface area contributed by atoms with Gasteiger partial charge in [0.05, 0.1) is 0 Å². The van der Waals surface area contributed by atoms with Gasteiger partial charge in [-0.3, -0.25) is 4.79 Å². The fourth-order valence-corrected chi connectivity index (χ4v) is 4.89. The zero-order valence-electron chi connectivity index (χ0n) is 15.1. The highest BCUT2D eigenvalue weighted by molar-refractivity contribution is 6.13. The normalized spacial score (nSPS) is 24.5. The number of fused-ring (bicyclic) bond motifs is 4. The Labute approximate surface area is 166 Å². The molecule has 3 aliphatic heterocycles. The van der Waals surface area contributed by atoms with Gasteiger partial charge in [0.2, 0.25) is 5.91 Å². The molecule has 1 saturated heterocycles. The highest BCUT2D eigenvalue weighted by Gasteiger charge is 2.57. The molecule has 3 heterocycles. The Morgan fingerprint density at radius 3 is 2.61 bits per heavy atom. The number of amides is 1. The van der Waals surface area contributed by atoms with Crippen LogP contribution >= 0.6 is 11.8 Å². The van der Waals surface area contributed by atoms with Gasteiger partial charge < -0.3 is 9.64 Å². The van der Waals surface area contributed by atoms with Crippen LogP contribution in [0.25, 0.3) is 0 Å². The maximum atomic E-state index is 14.0. The summed E-state index contributed by atoms with van der Waals surface area (Å²) in [7, 11) is 0. The van der Waals surface area contributed by atoms with E-state index < -0.39 is 17.0 Å². The van der Waals surface area contributed by atoms with Gasteiger partial charge in [-0.2, -0.15) is 0 Å². The van der Waals surface area contributed by atoms with Crippen LogP contribution < -0.4 is 9.64 Å². The molecule has 1 unspecified atom stereocenters. The average molecular weight is 405 g/mol. The van der Waals surface area contributed by atoms with E-state index in [2.05, 4.69) is 0 Å². The minimum absolute atomic E-state index is 0.0533. The van der Waals surface area contributed by atoms with Crippen LogP contribution in [0, 0.1) is 17.6 Å². The quantitative estimate of drug-likeness (QED) is 0.713. The maximum absolute atomic E-state index is 14.0.